The molecular weight excluding hydrogens is 589 g/mol. The zero-order valence-corrected chi connectivity index (χ0v) is 23.5. The number of likely N-dealkylation sites (tertiary alicyclic amines) is 1. The summed E-state index contributed by atoms with van der Waals surface area (Å²) in [5.74, 6) is -3.24. The van der Waals surface area contributed by atoms with Gasteiger partial charge in [-0.25, -0.2) is 4.79 Å². The number of amides is 1. The number of likely N-dealkylation sites (N-methyl/N-ethyl adjacent to an activating group) is 1. The largest absolute Gasteiger partial charge is 0.504 e. The predicted octanol–water partition coefficient (Wildman–Crippen LogP) is 2.09. The summed E-state index contributed by atoms with van der Waals surface area (Å²) in [6.45, 7) is 0.728. The number of aliphatic hydroxyl groups is 2. The number of halogens is 3. The number of nitrogens with one attached hydrogen (secondary N) is 1. The Morgan fingerprint density at radius 3 is 2.52 bits per heavy atom. The van der Waals surface area contributed by atoms with Crippen LogP contribution in [0.3, 0.4) is 0 Å². The lowest BCUT2D eigenvalue weighted by atomic mass is 9.50. The third kappa shape index (κ3) is 5.16. The Bertz CT molecular complexity index is 1500. The standard InChI is InChI=1S/C28H30N2O7.C2HF3O2/c1-30-14-12-27-22-17-7-8-18(31)24(22)37-25(27)19(9-11-28(27,35)20(30)15-17)36-21(32)10-13-29-26(34)23(33)16-5-3-2-4-6-16;3-2(4,5)1(6)7/h2-9,20,23,25,31,33,35H,10-15H2,1H3,(H,29,34);(H,6,7)/t20-,23+,25+,27+,28-;/m1./s1. The van der Waals surface area contributed by atoms with E-state index in [-0.39, 0.29) is 24.8 Å². The summed E-state index contributed by atoms with van der Waals surface area (Å²) in [5.41, 5.74) is 0.362. The van der Waals surface area contributed by atoms with Gasteiger partial charge in [-0.2, -0.15) is 13.2 Å². The molecule has 0 radical (unpaired) electrons. The van der Waals surface area contributed by atoms with Crippen molar-refractivity contribution < 1.29 is 57.5 Å². The van der Waals surface area contributed by atoms with E-state index in [9.17, 15) is 38.1 Å². The van der Waals surface area contributed by atoms with Crippen LogP contribution in [0.1, 0.15) is 42.1 Å². The van der Waals surface area contributed by atoms with Crippen LogP contribution in [0.4, 0.5) is 13.2 Å². The molecule has 2 aromatic rings. The molecular formula is C30H31F3N2O9. The number of piperidine rings is 1. The van der Waals surface area contributed by atoms with Crippen LogP contribution in [0.2, 0.25) is 0 Å². The molecule has 1 amide bonds. The van der Waals surface area contributed by atoms with Gasteiger partial charge in [0.25, 0.3) is 5.91 Å². The number of phenolic OH excluding ortho intramolecular Hbond substituents is 1. The van der Waals surface area contributed by atoms with E-state index in [0.29, 0.717) is 36.3 Å². The van der Waals surface area contributed by atoms with E-state index >= 15 is 0 Å². The molecule has 0 unspecified atom stereocenters. The third-order valence-electron chi connectivity index (χ3n) is 8.82. The van der Waals surface area contributed by atoms with Gasteiger partial charge in [0.05, 0.1) is 17.4 Å². The molecule has 2 bridgehead atoms. The topological polar surface area (TPSA) is 166 Å². The number of carboxylic acid groups (broad SMARTS) is 1. The van der Waals surface area contributed by atoms with Crippen LogP contribution < -0.4 is 10.1 Å². The number of alkyl halides is 3. The molecule has 4 aliphatic rings. The van der Waals surface area contributed by atoms with E-state index in [0.717, 1.165) is 17.7 Å². The Balaban J connectivity index is 0.000000493. The molecule has 5 N–H and O–H groups in total. The number of phenols is 1. The van der Waals surface area contributed by atoms with Gasteiger partial charge in [0.15, 0.2) is 23.7 Å². The van der Waals surface area contributed by atoms with Gasteiger partial charge in [0.2, 0.25) is 0 Å². The zero-order chi connectivity index (χ0) is 32.0. The van der Waals surface area contributed by atoms with Gasteiger partial charge in [0.1, 0.15) is 5.76 Å². The number of ether oxygens (including phenoxy) is 2. The number of hydrogen-bond acceptors (Lipinski definition) is 9. The minimum Gasteiger partial charge on any atom is -0.504 e. The van der Waals surface area contributed by atoms with Crippen molar-refractivity contribution in [3.05, 3.63) is 71.0 Å². The number of aliphatic carboxylic acids is 1. The van der Waals surface area contributed by atoms with E-state index in [2.05, 4.69) is 10.2 Å². The average molecular weight is 621 g/mol. The molecule has 236 valence electrons. The minimum atomic E-state index is -5.08. The Morgan fingerprint density at radius 1 is 1.18 bits per heavy atom. The van der Waals surface area contributed by atoms with Crippen molar-refractivity contribution in [3.8, 4) is 11.5 Å². The molecule has 1 saturated heterocycles. The second-order valence-corrected chi connectivity index (χ2v) is 11.2. The highest BCUT2D eigenvalue weighted by molar-refractivity contribution is 5.82. The highest BCUT2D eigenvalue weighted by Crippen LogP contribution is 2.65. The Labute approximate surface area is 249 Å². The maximum absolute atomic E-state index is 12.8. The fourth-order valence-corrected chi connectivity index (χ4v) is 6.79. The molecule has 0 saturated carbocycles. The fourth-order valence-electron chi connectivity index (χ4n) is 6.79. The van der Waals surface area contributed by atoms with E-state index in [1.165, 1.54) is 0 Å². The first-order valence-electron chi connectivity index (χ1n) is 13.9. The van der Waals surface area contributed by atoms with Gasteiger partial charge in [-0.05, 0) is 49.7 Å². The summed E-state index contributed by atoms with van der Waals surface area (Å²) < 4.78 is 43.8. The maximum atomic E-state index is 12.8. The number of aliphatic hydroxyl groups excluding tert-OH is 1. The fraction of sp³-hybridized carbons (Fsp3) is 0.433. The maximum Gasteiger partial charge on any atom is 0.490 e. The van der Waals surface area contributed by atoms with Gasteiger partial charge in [0, 0.05) is 24.6 Å². The van der Waals surface area contributed by atoms with E-state index in [4.69, 9.17) is 19.4 Å². The molecule has 2 heterocycles. The quantitative estimate of drug-likeness (QED) is 0.302. The first kappa shape index (κ1) is 31.3. The third-order valence-corrected chi connectivity index (χ3v) is 8.82. The number of carboxylic acids is 1. The van der Waals surface area contributed by atoms with E-state index in [1.807, 2.05) is 13.1 Å². The smallest absolute Gasteiger partial charge is 0.490 e. The van der Waals surface area contributed by atoms with Crippen molar-refractivity contribution in [3.63, 3.8) is 0 Å². The number of carbonyl (C=O) groups is 3. The number of nitrogens with zero attached hydrogens (tertiary/aromatic N) is 1. The summed E-state index contributed by atoms with van der Waals surface area (Å²) in [6, 6.07) is 11.9. The minimum absolute atomic E-state index is 0.00647. The monoisotopic (exact) mass is 620 g/mol. The van der Waals surface area contributed by atoms with Crippen LogP contribution in [-0.2, 0) is 31.0 Å². The normalized spacial score (nSPS) is 27.0. The number of carbonyl (C=O) groups excluding carboxylic acids is 2. The Hall–Kier alpha value is -4.14. The van der Waals surface area contributed by atoms with Crippen molar-refractivity contribution >= 4 is 17.8 Å². The molecule has 11 nitrogen and oxygen atoms in total. The molecule has 44 heavy (non-hydrogen) atoms. The number of esters is 1. The van der Waals surface area contributed by atoms with Crippen molar-refractivity contribution in [1.29, 1.82) is 0 Å². The predicted molar refractivity (Wildman–Crippen MR) is 145 cm³/mol. The van der Waals surface area contributed by atoms with Crippen LogP contribution in [0.5, 0.6) is 11.5 Å². The second-order valence-electron chi connectivity index (χ2n) is 11.2. The number of rotatable bonds is 6. The lowest BCUT2D eigenvalue weighted by Gasteiger charge is -2.61. The lowest BCUT2D eigenvalue weighted by Crippen LogP contribution is -2.74. The highest BCUT2D eigenvalue weighted by atomic mass is 19.4. The van der Waals surface area contributed by atoms with Crippen LogP contribution in [0, 0.1) is 0 Å². The van der Waals surface area contributed by atoms with Crippen molar-refractivity contribution in [2.75, 3.05) is 20.1 Å². The zero-order valence-electron chi connectivity index (χ0n) is 23.5. The summed E-state index contributed by atoms with van der Waals surface area (Å²) in [4.78, 5) is 36.1. The van der Waals surface area contributed by atoms with E-state index < -0.39 is 47.2 Å². The molecule has 2 aliphatic heterocycles. The van der Waals surface area contributed by atoms with Crippen LogP contribution in [0.25, 0.3) is 0 Å². The van der Waals surface area contributed by atoms with Crippen molar-refractivity contribution in [2.45, 2.75) is 61.1 Å². The van der Waals surface area contributed by atoms with Crippen molar-refractivity contribution in [1.82, 2.24) is 10.2 Å². The van der Waals surface area contributed by atoms with Gasteiger partial charge in [-0.1, -0.05) is 36.4 Å². The number of aromatic hydroxyl groups is 1. The van der Waals surface area contributed by atoms with Gasteiger partial charge in [-0.3, -0.25) is 9.59 Å². The molecule has 14 heteroatoms. The summed E-state index contributed by atoms with van der Waals surface area (Å²) in [5, 5.41) is 42.6. The molecule has 0 aromatic heterocycles. The number of hydrogen-bond donors (Lipinski definition) is 5. The van der Waals surface area contributed by atoms with E-state index in [1.54, 1.807) is 42.5 Å². The SMILES string of the molecule is CN1CC[C@]23c4c5ccc(O)c4O[C@H]2C(OC(=O)CCNC(=O)[C@@H](O)c2ccccc2)=CC[C@@]3(O)[C@H]1C5.O=C(O)C(F)(F)F. The Morgan fingerprint density at radius 2 is 1.86 bits per heavy atom. The molecule has 2 aromatic carbocycles. The number of benzene rings is 2. The molecule has 1 fully saturated rings. The summed E-state index contributed by atoms with van der Waals surface area (Å²) in [6.07, 6.45) is -4.02. The van der Waals surface area contributed by atoms with Crippen molar-refractivity contribution in [2.24, 2.45) is 0 Å². The first-order valence-corrected chi connectivity index (χ1v) is 13.9. The summed E-state index contributed by atoms with van der Waals surface area (Å²) in [7, 11) is 2.01. The molecule has 6 rings (SSSR count). The van der Waals surface area contributed by atoms with Gasteiger partial charge >= 0.3 is 18.1 Å². The summed E-state index contributed by atoms with van der Waals surface area (Å²) >= 11 is 0. The van der Waals surface area contributed by atoms with Crippen LogP contribution in [0.15, 0.2) is 54.3 Å². The van der Waals surface area contributed by atoms with Crippen LogP contribution >= 0.6 is 0 Å². The molecule has 2 aliphatic carbocycles. The second kappa shape index (κ2) is 11.4. The molecule has 5 atom stereocenters. The average Bonchev–Trinajstić information content (AvgIpc) is 3.34. The molecule has 1 spiro atoms. The first-order chi connectivity index (χ1) is 20.7. The lowest BCUT2D eigenvalue weighted by molar-refractivity contribution is -0.192. The van der Waals surface area contributed by atoms with Gasteiger partial charge < -0.3 is 40.1 Å². The van der Waals surface area contributed by atoms with Gasteiger partial charge in [-0.15, -0.1) is 0 Å². The highest BCUT2D eigenvalue weighted by Gasteiger charge is 2.72. The van der Waals surface area contributed by atoms with Crippen LogP contribution in [-0.4, -0.2) is 87.2 Å². The Kier molecular flexibility index (Phi) is 8.12.